The first-order valence-corrected chi connectivity index (χ1v) is 9.23. The molecule has 3 rings (SSSR count). The summed E-state index contributed by atoms with van der Waals surface area (Å²) < 4.78 is 12.9. The molecular formula is C20H21ClFN3O2. The molecule has 1 saturated heterocycles. The number of halogens is 2. The molecule has 7 heteroatoms. The van der Waals surface area contributed by atoms with Crippen molar-refractivity contribution in [2.24, 2.45) is 0 Å². The van der Waals surface area contributed by atoms with E-state index < -0.39 is 0 Å². The highest BCUT2D eigenvalue weighted by atomic mass is 35.5. The molecule has 3 amide bonds. The van der Waals surface area contributed by atoms with Crippen molar-refractivity contribution in [3.05, 3.63) is 64.9 Å². The topological polar surface area (TPSA) is 52.7 Å². The first-order chi connectivity index (χ1) is 13.0. The number of aryl methyl sites for hydroxylation is 1. The summed E-state index contributed by atoms with van der Waals surface area (Å²) in [5.41, 5.74) is 1.58. The van der Waals surface area contributed by atoms with Gasteiger partial charge in [-0.25, -0.2) is 9.18 Å². The van der Waals surface area contributed by atoms with E-state index in [0.29, 0.717) is 49.7 Å². The van der Waals surface area contributed by atoms with Gasteiger partial charge in [-0.2, -0.15) is 0 Å². The molecule has 27 heavy (non-hydrogen) atoms. The van der Waals surface area contributed by atoms with Gasteiger partial charge in [-0.1, -0.05) is 29.8 Å². The van der Waals surface area contributed by atoms with Crippen LogP contribution >= 0.6 is 11.6 Å². The molecule has 0 bridgehead atoms. The van der Waals surface area contributed by atoms with Crippen LogP contribution in [0.5, 0.6) is 0 Å². The highest BCUT2D eigenvalue weighted by Crippen LogP contribution is 2.16. The Morgan fingerprint density at radius 1 is 1.00 bits per heavy atom. The van der Waals surface area contributed by atoms with Crippen molar-refractivity contribution < 1.29 is 14.0 Å². The number of nitrogens with zero attached hydrogens (tertiary/aromatic N) is 2. The number of hydrogen-bond acceptors (Lipinski definition) is 2. The molecule has 0 aliphatic carbocycles. The molecule has 0 unspecified atom stereocenters. The molecule has 1 N–H and O–H groups in total. The van der Waals surface area contributed by atoms with Gasteiger partial charge in [0, 0.05) is 43.3 Å². The quantitative estimate of drug-likeness (QED) is 0.865. The van der Waals surface area contributed by atoms with Crippen molar-refractivity contribution in [3.63, 3.8) is 0 Å². The summed E-state index contributed by atoms with van der Waals surface area (Å²) in [5, 5.41) is 3.38. The molecule has 1 aliphatic heterocycles. The third-order valence-corrected chi connectivity index (χ3v) is 4.77. The van der Waals surface area contributed by atoms with E-state index in [1.54, 1.807) is 46.2 Å². The Bertz CT molecular complexity index is 805. The van der Waals surface area contributed by atoms with Crippen molar-refractivity contribution in [3.8, 4) is 0 Å². The lowest BCUT2D eigenvalue weighted by Gasteiger charge is -2.34. The molecule has 5 nitrogen and oxygen atoms in total. The number of nitrogens with one attached hydrogen (secondary N) is 1. The smallest absolute Gasteiger partial charge is 0.321 e. The maximum atomic E-state index is 12.9. The Morgan fingerprint density at radius 2 is 1.67 bits per heavy atom. The van der Waals surface area contributed by atoms with Crippen molar-refractivity contribution in [2.45, 2.75) is 12.8 Å². The van der Waals surface area contributed by atoms with Gasteiger partial charge in [-0.3, -0.25) is 4.79 Å². The molecule has 2 aromatic rings. The van der Waals surface area contributed by atoms with Gasteiger partial charge in [-0.05, 0) is 42.3 Å². The van der Waals surface area contributed by atoms with E-state index in [2.05, 4.69) is 5.32 Å². The summed E-state index contributed by atoms with van der Waals surface area (Å²) in [6.07, 6.45) is 0.953. The molecule has 0 atom stereocenters. The zero-order valence-corrected chi connectivity index (χ0v) is 15.6. The van der Waals surface area contributed by atoms with Crippen molar-refractivity contribution in [1.29, 1.82) is 0 Å². The maximum Gasteiger partial charge on any atom is 0.321 e. The van der Waals surface area contributed by atoms with Gasteiger partial charge >= 0.3 is 6.03 Å². The van der Waals surface area contributed by atoms with Crippen LogP contribution in [0.1, 0.15) is 12.0 Å². The molecule has 0 radical (unpaired) electrons. The third kappa shape index (κ3) is 5.44. The maximum absolute atomic E-state index is 12.9. The van der Waals surface area contributed by atoms with Crippen LogP contribution in [0.2, 0.25) is 5.02 Å². The van der Waals surface area contributed by atoms with Crippen LogP contribution in [0.25, 0.3) is 0 Å². The number of carbonyl (C=O) groups is 2. The SMILES string of the molecule is O=C(CCc1ccc(F)cc1)N1CCN(C(=O)Nc2cccc(Cl)c2)CC1. The van der Waals surface area contributed by atoms with Crippen LogP contribution in [0.15, 0.2) is 48.5 Å². The van der Waals surface area contributed by atoms with Crippen LogP contribution in [0.4, 0.5) is 14.9 Å². The normalized spacial score (nSPS) is 14.1. The minimum absolute atomic E-state index is 0.0502. The molecular weight excluding hydrogens is 369 g/mol. The van der Waals surface area contributed by atoms with Gasteiger partial charge < -0.3 is 15.1 Å². The van der Waals surface area contributed by atoms with E-state index in [1.807, 2.05) is 0 Å². The summed E-state index contributed by atoms with van der Waals surface area (Å²) in [4.78, 5) is 28.1. The van der Waals surface area contributed by atoms with Crippen molar-refractivity contribution in [1.82, 2.24) is 9.80 Å². The minimum Gasteiger partial charge on any atom is -0.339 e. The monoisotopic (exact) mass is 389 g/mol. The Hall–Kier alpha value is -2.60. The van der Waals surface area contributed by atoms with Gasteiger partial charge in [0.1, 0.15) is 5.82 Å². The van der Waals surface area contributed by atoms with E-state index in [4.69, 9.17) is 11.6 Å². The predicted octanol–water partition coefficient (Wildman–Crippen LogP) is 3.79. The van der Waals surface area contributed by atoms with E-state index in [1.165, 1.54) is 12.1 Å². The fourth-order valence-corrected chi connectivity index (χ4v) is 3.18. The highest BCUT2D eigenvalue weighted by Gasteiger charge is 2.24. The van der Waals surface area contributed by atoms with Crippen LogP contribution < -0.4 is 5.32 Å². The molecule has 2 aromatic carbocycles. The lowest BCUT2D eigenvalue weighted by Crippen LogP contribution is -2.51. The van der Waals surface area contributed by atoms with Gasteiger partial charge in [0.15, 0.2) is 0 Å². The third-order valence-electron chi connectivity index (χ3n) is 4.54. The fraction of sp³-hybridized carbons (Fsp3) is 0.300. The molecule has 1 aliphatic rings. The van der Waals surface area contributed by atoms with Gasteiger partial charge in [-0.15, -0.1) is 0 Å². The van der Waals surface area contributed by atoms with E-state index >= 15 is 0 Å². The number of rotatable bonds is 4. The highest BCUT2D eigenvalue weighted by molar-refractivity contribution is 6.30. The van der Waals surface area contributed by atoms with Crippen LogP contribution in [-0.2, 0) is 11.2 Å². The number of piperazine rings is 1. The van der Waals surface area contributed by atoms with Crippen molar-refractivity contribution in [2.75, 3.05) is 31.5 Å². The van der Waals surface area contributed by atoms with Crippen LogP contribution in [-0.4, -0.2) is 47.9 Å². The number of carbonyl (C=O) groups excluding carboxylic acids is 2. The fourth-order valence-electron chi connectivity index (χ4n) is 2.99. The molecule has 0 spiro atoms. The zero-order valence-electron chi connectivity index (χ0n) is 14.8. The molecule has 1 fully saturated rings. The Kier molecular flexibility index (Phi) is 6.29. The van der Waals surface area contributed by atoms with Crippen molar-refractivity contribution >= 4 is 29.2 Å². The Morgan fingerprint density at radius 3 is 2.33 bits per heavy atom. The average molecular weight is 390 g/mol. The number of hydrogen-bond donors (Lipinski definition) is 1. The Labute approximate surface area is 162 Å². The Balaban J connectivity index is 1.44. The van der Waals surface area contributed by atoms with Gasteiger partial charge in [0.2, 0.25) is 5.91 Å². The van der Waals surface area contributed by atoms with Gasteiger partial charge in [0.25, 0.3) is 0 Å². The van der Waals surface area contributed by atoms with E-state index in [0.717, 1.165) is 5.56 Å². The molecule has 0 aromatic heterocycles. The van der Waals surface area contributed by atoms with Gasteiger partial charge in [0.05, 0.1) is 0 Å². The second kappa shape index (κ2) is 8.86. The minimum atomic E-state index is -0.280. The molecule has 0 saturated carbocycles. The lowest BCUT2D eigenvalue weighted by atomic mass is 10.1. The lowest BCUT2D eigenvalue weighted by molar-refractivity contribution is -0.132. The largest absolute Gasteiger partial charge is 0.339 e. The van der Waals surface area contributed by atoms with E-state index in [-0.39, 0.29) is 17.8 Å². The number of urea groups is 1. The van der Waals surface area contributed by atoms with Crippen LogP contribution in [0.3, 0.4) is 0 Å². The van der Waals surface area contributed by atoms with Crippen LogP contribution in [0, 0.1) is 5.82 Å². The summed E-state index contributed by atoms with van der Waals surface area (Å²) in [6.45, 7) is 1.97. The predicted molar refractivity (Wildman–Crippen MR) is 103 cm³/mol. The molecule has 142 valence electrons. The number of amides is 3. The molecule has 1 heterocycles. The number of benzene rings is 2. The summed E-state index contributed by atoms with van der Waals surface area (Å²) in [7, 11) is 0. The first kappa shape index (κ1) is 19.2. The summed E-state index contributed by atoms with van der Waals surface area (Å²) in [5.74, 6) is -0.230. The summed E-state index contributed by atoms with van der Waals surface area (Å²) in [6, 6.07) is 13.0. The second-order valence-corrected chi connectivity index (χ2v) is 6.87. The average Bonchev–Trinajstić information content (AvgIpc) is 2.67. The number of anilines is 1. The second-order valence-electron chi connectivity index (χ2n) is 6.43. The first-order valence-electron chi connectivity index (χ1n) is 8.85. The zero-order chi connectivity index (χ0) is 19.2. The van der Waals surface area contributed by atoms with E-state index in [9.17, 15) is 14.0 Å². The standard InChI is InChI=1S/C20H21ClFN3O2/c21-16-2-1-3-18(14-16)23-20(27)25-12-10-24(11-13-25)19(26)9-6-15-4-7-17(22)8-5-15/h1-5,7-8,14H,6,9-13H2,(H,23,27). The summed E-state index contributed by atoms with van der Waals surface area (Å²) >= 11 is 5.92.